The average Bonchev–Trinajstić information content (AvgIpc) is 2.46. The van der Waals surface area contributed by atoms with E-state index in [1.807, 2.05) is 26.8 Å². The fraction of sp³-hybridized carbons (Fsp3) is 0.850. The van der Waals surface area contributed by atoms with Gasteiger partial charge in [0.05, 0.1) is 19.6 Å². The van der Waals surface area contributed by atoms with Crippen LogP contribution in [0.4, 0.5) is 0 Å². The molecule has 3 atom stereocenters. The normalized spacial score (nSPS) is 15.0. The second-order valence-corrected chi connectivity index (χ2v) is 7.56. The molecule has 0 aromatic carbocycles. The minimum atomic E-state index is 0.0889. The number of carbonyl (C=O) groups is 1. The van der Waals surface area contributed by atoms with Crippen LogP contribution >= 0.6 is 0 Å². The Kier molecular flexibility index (Phi) is 14.4. The largest absolute Gasteiger partial charge is 0.353 e. The molecule has 1 amide bonds. The number of amides is 1. The third-order valence-corrected chi connectivity index (χ3v) is 3.86. The Morgan fingerprint density at radius 2 is 1.83 bits per heavy atom. The van der Waals surface area contributed by atoms with Gasteiger partial charge in [0.15, 0.2) is 0 Å². The van der Waals surface area contributed by atoms with Crippen LogP contribution in [0.5, 0.6) is 0 Å². The van der Waals surface area contributed by atoms with Crippen molar-refractivity contribution in [1.82, 2.24) is 5.32 Å². The van der Waals surface area contributed by atoms with E-state index in [4.69, 9.17) is 0 Å². The van der Waals surface area contributed by atoms with E-state index in [1.165, 1.54) is 0 Å². The van der Waals surface area contributed by atoms with Gasteiger partial charge in [-0.2, -0.15) is 0 Å². The second-order valence-electron chi connectivity index (χ2n) is 7.56. The Bertz CT molecular complexity index is 307. The van der Waals surface area contributed by atoms with E-state index < -0.39 is 0 Å². The third kappa shape index (κ3) is 14.5. The summed E-state index contributed by atoms with van der Waals surface area (Å²) >= 11 is 0. The summed E-state index contributed by atoms with van der Waals surface area (Å²) in [4.78, 5) is 13.7. The predicted molar refractivity (Wildman–Crippen MR) is 103 cm³/mol. The number of hydrogen-bond acceptors (Lipinski definition) is 1. The summed E-state index contributed by atoms with van der Waals surface area (Å²) in [6.07, 6.45) is 5.11. The first-order valence-electron chi connectivity index (χ1n) is 9.44. The van der Waals surface area contributed by atoms with E-state index >= 15 is 0 Å². The summed E-state index contributed by atoms with van der Waals surface area (Å²) in [6.45, 7) is 24.0. The summed E-state index contributed by atoms with van der Waals surface area (Å²) in [6, 6.07) is 0.266. The van der Waals surface area contributed by atoms with Crippen molar-refractivity contribution in [2.75, 3.05) is 19.6 Å². The molecule has 3 nitrogen and oxygen atoms in total. The fourth-order valence-electron chi connectivity index (χ4n) is 2.75. The quantitative estimate of drug-likeness (QED) is 0.592. The molecule has 0 aliphatic carbocycles. The van der Waals surface area contributed by atoms with Gasteiger partial charge in [0.1, 0.15) is 0 Å². The van der Waals surface area contributed by atoms with E-state index in [0.29, 0.717) is 0 Å². The van der Waals surface area contributed by atoms with E-state index in [2.05, 4.69) is 46.5 Å². The molecule has 3 heteroatoms. The van der Waals surface area contributed by atoms with Crippen molar-refractivity contribution in [3.8, 4) is 0 Å². The smallest absolute Gasteiger partial charge is 0.223 e. The topological polar surface area (TPSA) is 33.5 Å². The molecule has 138 valence electrons. The van der Waals surface area contributed by atoms with Gasteiger partial charge in [0.25, 0.3) is 0 Å². The molecule has 0 spiro atoms. The lowest BCUT2D eigenvalue weighted by Gasteiger charge is -2.24. The monoisotopic (exact) mass is 327 g/mol. The highest BCUT2D eigenvalue weighted by Gasteiger charge is 2.21. The van der Waals surface area contributed by atoms with Gasteiger partial charge < -0.3 is 10.2 Å². The second kappa shape index (κ2) is 13.6. The van der Waals surface area contributed by atoms with Crippen LogP contribution < -0.4 is 10.2 Å². The maximum absolute atomic E-state index is 12.2. The van der Waals surface area contributed by atoms with Crippen LogP contribution in [0, 0.1) is 11.3 Å². The van der Waals surface area contributed by atoms with Gasteiger partial charge in [-0.05, 0) is 44.6 Å². The molecule has 0 fully saturated rings. The van der Waals surface area contributed by atoms with Gasteiger partial charge in [-0.25, -0.2) is 0 Å². The fourth-order valence-corrected chi connectivity index (χ4v) is 2.75. The highest BCUT2D eigenvalue weighted by molar-refractivity contribution is 5.78. The number of quaternary nitrogens is 1. The number of nitrogens with one attached hydrogen (secondary N) is 2. The lowest BCUT2D eigenvalue weighted by atomic mass is 9.85. The molecular weight excluding hydrogens is 284 g/mol. The van der Waals surface area contributed by atoms with Crippen LogP contribution in [0.3, 0.4) is 0 Å². The van der Waals surface area contributed by atoms with Gasteiger partial charge in [-0.1, -0.05) is 48.1 Å². The zero-order valence-corrected chi connectivity index (χ0v) is 17.1. The SMILES string of the molecule is C=CC[NH+](CC)CCCC(C)NC(=O)C(C)CC(C)(C)C.CC. The molecule has 0 aliphatic rings. The zero-order valence-electron chi connectivity index (χ0n) is 17.1. The summed E-state index contributed by atoms with van der Waals surface area (Å²) in [5.41, 5.74) is 0.204. The molecular formula is C20H43N2O+. The van der Waals surface area contributed by atoms with Gasteiger partial charge in [-0.15, -0.1) is 0 Å². The molecule has 0 radical (unpaired) electrons. The van der Waals surface area contributed by atoms with Crippen LogP contribution in [0.25, 0.3) is 0 Å². The number of hydrogen-bond donors (Lipinski definition) is 2. The summed E-state index contributed by atoms with van der Waals surface area (Å²) in [5, 5.41) is 3.16. The molecule has 0 saturated carbocycles. The first-order chi connectivity index (χ1) is 10.7. The summed E-state index contributed by atoms with van der Waals surface area (Å²) < 4.78 is 0. The molecule has 0 bridgehead atoms. The molecule has 0 saturated heterocycles. The number of rotatable bonds is 10. The average molecular weight is 328 g/mol. The standard InChI is InChI=1S/C18H36N2O.C2H6/c1-8-12-20(9-2)13-10-11-16(4)19-17(21)15(3)14-18(5,6)7;1-2/h8,15-16H,1,9-14H2,2-7H3,(H,19,21);1-2H3/p+1. The van der Waals surface area contributed by atoms with Crippen molar-refractivity contribution < 1.29 is 9.69 Å². The first-order valence-corrected chi connectivity index (χ1v) is 9.44. The molecule has 0 heterocycles. The molecule has 0 aliphatic heterocycles. The van der Waals surface area contributed by atoms with E-state index in [1.54, 1.807) is 4.90 Å². The highest BCUT2D eigenvalue weighted by Crippen LogP contribution is 2.24. The van der Waals surface area contributed by atoms with Gasteiger partial charge in [0.2, 0.25) is 5.91 Å². The third-order valence-electron chi connectivity index (χ3n) is 3.86. The van der Waals surface area contributed by atoms with Crippen molar-refractivity contribution >= 4 is 5.91 Å². The van der Waals surface area contributed by atoms with Crippen LogP contribution in [0.1, 0.15) is 74.7 Å². The molecule has 3 unspecified atom stereocenters. The van der Waals surface area contributed by atoms with Crippen LogP contribution in [0.2, 0.25) is 0 Å². The van der Waals surface area contributed by atoms with E-state index in [9.17, 15) is 4.79 Å². The minimum absolute atomic E-state index is 0.0889. The Labute approximate surface area is 145 Å². The van der Waals surface area contributed by atoms with Crippen molar-refractivity contribution in [3.63, 3.8) is 0 Å². The van der Waals surface area contributed by atoms with E-state index in [0.717, 1.165) is 38.9 Å². The Balaban J connectivity index is 0. The number of carbonyl (C=O) groups excluding carboxylic acids is 1. The Hall–Kier alpha value is -0.830. The maximum Gasteiger partial charge on any atom is 0.223 e. The molecule has 2 N–H and O–H groups in total. The van der Waals surface area contributed by atoms with Gasteiger partial charge in [0, 0.05) is 12.0 Å². The number of likely N-dealkylation sites (N-methyl/N-ethyl adjacent to an activating group) is 1. The molecule has 23 heavy (non-hydrogen) atoms. The van der Waals surface area contributed by atoms with Crippen molar-refractivity contribution in [1.29, 1.82) is 0 Å². The first kappa shape index (κ1) is 24.4. The molecule has 0 aromatic rings. The predicted octanol–water partition coefficient (Wildman–Crippen LogP) is 3.46. The highest BCUT2D eigenvalue weighted by atomic mass is 16.1. The van der Waals surface area contributed by atoms with Crippen molar-refractivity contribution in [2.24, 2.45) is 11.3 Å². The lowest BCUT2D eigenvalue weighted by molar-refractivity contribution is -0.892. The maximum atomic E-state index is 12.2. The van der Waals surface area contributed by atoms with Crippen LogP contribution in [0.15, 0.2) is 12.7 Å². The summed E-state index contributed by atoms with van der Waals surface area (Å²) in [7, 11) is 0. The lowest BCUT2D eigenvalue weighted by Crippen LogP contribution is -3.11. The van der Waals surface area contributed by atoms with Crippen LogP contribution in [-0.4, -0.2) is 31.6 Å². The van der Waals surface area contributed by atoms with E-state index in [-0.39, 0.29) is 23.3 Å². The van der Waals surface area contributed by atoms with Gasteiger partial charge in [-0.3, -0.25) is 4.79 Å². The van der Waals surface area contributed by atoms with Crippen molar-refractivity contribution in [3.05, 3.63) is 12.7 Å². The van der Waals surface area contributed by atoms with Gasteiger partial charge >= 0.3 is 0 Å². The summed E-state index contributed by atoms with van der Waals surface area (Å²) in [5.74, 6) is 0.286. The molecule has 0 rings (SSSR count). The Morgan fingerprint density at radius 3 is 2.26 bits per heavy atom. The Morgan fingerprint density at radius 1 is 1.26 bits per heavy atom. The van der Waals surface area contributed by atoms with Crippen molar-refractivity contribution in [2.45, 2.75) is 80.7 Å². The molecule has 0 aromatic heterocycles. The zero-order chi connectivity index (χ0) is 18.5. The van der Waals surface area contributed by atoms with Crippen LogP contribution in [-0.2, 0) is 4.79 Å². The minimum Gasteiger partial charge on any atom is -0.353 e.